The molecule has 134 valence electrons. The van der Waals surface area contributed by atoms with Crippen LogP contribution in [0.25, 0.3) is 0 Å². The molecule has 1 fully saturated rings. The van der Waals surface area contributed by atoms with E-state index in [9.17, 15) is 4.79 Å². The molecule has 8 heteroatoms. The molecule has 1 saturated heterocycles. The van der Waals surface area contributed by atoms with Gasteiger partial charge in [-0.3, -0.25) is 14.7 Å². The highest BCUT2D eigenvalue weighted by atomic mass is 16.5. The van der Waals surface area contributed by atoms with Crippen LogP contribution in [0.5, 0.6) is 0 Å². The Labute approximate surface area is 143 Å². The molecule has 0 unspecified atom stereocenters. The Morgan fingerprint density at radius 2 is 2.08 bits per heavy atom. The van der Waals surface area contributed by atoms with E-state index in [1.165, 1.54) is 0 Å². The number of hydrogen-bond donors (Lipinski definition) is 2. The minimum absolute atomic E-state index is 0.0808. The van der Waals surface area contributed by atoms with Crippen molar-refractivity contribution < 1.29 is 9.32 Å². The average Bonchev–Trinajstić information content (AvgIpc) is 3.11. The lowest BCUT2D eigenvalue weighted by Crippen LogP contribution is -2.52. The van der Waals surface area contributed by atoms with Crippen molar-refractivity contribution >= 4 is 11.9 Å². The Kier molecular flexibility index (Phi) is 7.54. The highest BCUT2D eigenvalue weighted by Gasteiger charge is 2.20. The number of nitrogens with one attached hydrogen (secondary N) is 2. The zero-order valence-electron chi connectivity index (χ0n) is 14.6. The highest BCUT2D eigenvalue weighted by Crippen LogP contribution is 2.07. The lowest BCUT2D eigenvalue weighted by atomic mass is 10.3. The first-order chi connectivity index (χ1) is 11.7. The summed E-state index contributed by atoms with van der Waals surface area (Å²) in [6, 6.07) is 1.90. The van der Waals surface area contributed by atoms with Gasteiger partial charge in [-0.2, -0.15) is 0 Å². The first kappa shape index (κ1) is 18.3. The van der Waals surface area contributed by atoms with Gasteiger partial charge in [0.15, 0.2) is 5.96 Å². The van der Waals surface area contributed by atoms with Gasteiger partial charge in [0.05, 0.1) is 5.69 Å². The number of guanidine groups is 1. The summed E-state index contributed by atoms with van der Waals surface area (Å²) in [5.74, 6) is 0.941. The average molecular weight is 336 g/mol. The summed E-state index contributed by atoms with van der Waals surface area (Å²) >= 11 is 0. The number of aliphatic imine (C=N–C) groups is 1. The van der Waals surface area contributed by atoms with Gasteiger partial charge in [-0.05, 0) is 6.42 Å². The van der Waals surface area contributed by atoms with Gasteiger partial charge in [0.2, 0.25) is 5.91 Å². The molecule has 8 nitrogen and oxygen atoms in total. The van der Waals surface area contributed by atoms with Gasteiger partial charge in [-0.1, -0.05) is 12.1 Å². The predicted molar refractivity (Wildman–Crippen MR) is 92.6 cm³/mol. The normalized spacial score (nSPS) is 16.2. The third-order valence-electron chi connectivity index (χ3n) is 3.97. The Morgan fingerprint density at radius 1 is 1.29 bits per heavy atom. The smallest absolute Gasteiger partial charge is 0.221 e. The van der Waals surface area contributed by atoms with Crippen LogP contribution in [0.2, 0.25) is 0 Å². The molecule has 1 aliphatic heterocycles. The van der Waals surface area contributed by atoms with Crippen LogP contribution in [0.15, 0.2) is 21.8 Å². The Bertz CT molecular complexity index is 509. The first-order valence-corrected chi connectivity index (χ1v) is 8.56. The third kappa shape index (κ3) is 5.84. The SMILES string of the molecule is CCCNC(=O)CCNC(=NC)N1CCN(Cc2ccon2)CC1. The molecule has 2 heterocycles. The molecule has 1 aromatic heterocycles. The van der Waals surface area contributed by atoms with E-state index in [1.807, 2.05) is 13.0 Å². The maximum atomic E-state index is 11.6. The first-order valence-electron chi connectivity index (χ1n) is 8.56. The third-order valence-corrected chi connectivity index (χ3v) is 3.97. The zero-order valence-corrected chi connectivity index (χ0v) is 14.6. The fraction of sp³-hybridized carbons (Fsp3) is 0.688. The maximum absolute atomic E-state index is 11.6. The van der Waals surface area contributed by atoms with Crippen molar-refractivity contribution in [2.75, 3.05) is 46.3 Å². The molecule has 0 saturated carbocycles. The number of hydrogen-bond acceptors (Lipinski definition) is 5. The van der Waals surface area contributed by atoms with Crippen molar-refractivity contribution in [3.05, 3.63) is 18.0 Å². The van der Waals surface area contributed by atoms with Crippen LogP contribution in [0.4, 0.5) is 0 Å². The number of aromatic nitrogens is 1. The molecule has 24 heavy (non-hydrogen) atoms. The molecule has 0 atom stereocenters. The van der Waals surface area contributed by atoms with E-state index in [0.717, 1.165) is 57.3 Å². The van der Waals surface area contributed by atoms with Crippen molar-refractivity contribution in [2.45, 2.75) is 26.3 Å². The molecule has 0 radical (unpaired) electrons. The summed E-state index contributed by atoms with van der Waals surface area (Å²) < 4.78 is 4.87. The highest BCUT2D eigenvalue weighted by molar-refractivity contribution is 5.81. The molecule has 0 aromatic carbocycles. The summed E-state index contributed by atoms with van der Waals surface area (Å²) in [7, 11) is 1.78. The van der Waals surface area contributed by atoms with Crippen LogP contribution in [0, 0.1) is 0 Å². The van der Waals surface area contributed by atoms with Crippen LogP contribution in [-0.4, -0.2) is 73.1 Å². The van der Waals surface area contributed by atoms with Gasteiger partial charge in [-0.25, -0.2) is 0 Å². The number of rotatable bonds is 7. The fourth-order valence-corrected chi connectivity index (χ4v) is 2.64. The van der Waals surface area contributed by atoms with E-state index < -0.39 is 0 Å². The molecule has 1 amide bonds. The Hall–Kier alpha value is -2.09. The van der Waals surface area contributed by atoms with Gasteiger partial charge in [0.1, 0.15) is 6.26 Å². The molecule has 0 aliphatic carbocycles. The molecule has 0 spiro atoms. The van der Waals surface area contributed by atoms with E-state index in [1.54, 1.807) is 13.3 Å². The monoisotopic (exact) mass is 336 g/mol. The van der Waals surface area contributed by atoms with E-state index in [0.29, 0.717) is 13.0 Å². The second kappa shape index (κ2) is 9.92. The lowest BCUT2D eigenvalue weighted by molar-refractivity contribution is -0.120. The van der Waals surface area contributed by atoms with Crippen LogP contribution in [0.1, 0.15) is 25.5 Å². The van der Waals surface area contributed by atoms with Crippen molar-refractivity contribution in [1.29, 1.82) is 0 Å². The number of amides is 1. The summed E-state index contributed by atoms with van der Waals surface area (Å²) in [6.07, 6.45) is 3.03. The number of piperazine rings is 1. The van der Waals surface area contributed by atoms with E-state index >= 15 is 0 Å². The van der Waals surface area contributed by atoms with Crippen LogP contribution in [0.3, 0.4) is 0 Å². The van der Waals surface area contributed by atoms with Gasteiger partial charge in [0.25, 0.3) is 0 Å². The Balaban J connectivity index is 1.68. The summed E-state index contributed by atoms with van der Waals surface area (Å²) in [5, 5.41) is 10.1. The summed E-state index contributed by atoms with van der Waals surface area (Å²) in [6.45, 7) is 7.90. The minimum atomic E-state index is 0.0808. The quantitative estimate of drug-likeness (QED) is 0.550. The Morgan fingerprint density at radius 3 is 2.71 bits per heavy atom. The number of nitrogens with zero attached hydrogens (tertiary/aromatic N) is 4. The van der Waals surface area contributed by atoms with Gasteiger partial charge in [-0.15, -0.1) is 0 Å². The molecule has 0 bridgehead atoms. The summed E-state index contributed by atoms with van der Waals surface area (Å²) in [5.41, 5.74) is 0.962. The standard InChI is InChI=1S/C16H28N6O2/c1-3-6-18-15(23)4-7-19-16(17-2)22-10-8-21(9-11-22)13-14-5-12-24-20-14/h5,12H,3-4,6-11,13H2,1-2H3,(H,17,19)(H,18,23). The molecule has 1 aromatic rings. The van der Waals surface area contributed by atoms with Crippen molar-refractivity contribution in [1.82, 2.24) is 25.6 Å². The summed E-state index contributed by atoms with van der Waals surface area (Å²) in [4.78, 5) is 20.5. The van der Waals surface area contributed by atoms with E-state index in [2.05, 4.69) is 30.6 Å². The van der Waals surface area contributed by atoms with Crippen LogP contribution >= 0.6 is 0 Å². The second-order valence-electron chi connectivity index (χ2n) is 5.83. The largest absolute Gasteiger partial charge is 0.364 e. The van der Waals surface area contributed by atoms with Crippen molar-refractivity contribution in [3.63, 3.8) is 0 Å². The fourth-order valence-electron chi connectivity index (χ4n) is 2.64. The number of carbonyl (C=O) groups excluding carboxylic acids is 1. The lowest BCUT2D eigenvalue weighted by Gasteiger charge is -2.36. The van der Waals surface area contributed by atoms with Crippen LogP contribution in [-0.2, 0) is 11.3 Å². The zero-order chi connectivity index (χ0) is 17.2. The molecule has 1 aliphatic rings. The van der Waals surface area contributed by atoms with Gasteiger partial charge < -0.3 is 20.1 Å². The van der Waals surface area contributed by atoms with E-state index in [-0.39, 0.29) is 5.91 Å². The van der Waals surface area contributed by atoms with E-state index in [4.69, 9.17) is 4.52 Å². The van der Waals surface area contributed by atoms with Crippen molar-refractivity contribution in [3.8, 4) is 0 Å². The second-order valence-corrected chi connectivity index (χ2v) is 5.83. The van der Waals surface area contributed by atoms with Crippen molar-refractivity contribution in [2.24, 2.45) is 4.99 Å². The number of carbonyl (C=O) groups is 1. The predicted octanol–water partition coefficient (Wildman–Crippen LogP) is 0.284. The van der Waals surface area contributed by atoms with Crippen LogP contribution < -0.4 is 10.6 Å². The molecule has 2 rings (SSSR count). The molecule has 2 N–H and O–H groups in total. The van der Waals surface area contributed by atoms with Gasteiger partial charge >= 0.3 is 0 Å². The van der Waals surface area contributed by atoms with Gasteiger partial charge in [0, 0.05) is 65.3 Å². The molecular weight excluding hydrogens is 308 g/mol. The maximum Gasteiger partial charge on any atom is 0.221 e. The topological polar surface area (TPSA) is 86.0 Å². The minimum Gasteiger partial charge on any atom is -0.364 e. The molecular formula is C16H28N6O2.